The van der Waals surface area contributed by atoms with Gasteiger partial charge in [-0.05, 0) is 32.0 Å². The minimum atomic E-state index is -0.179. The molecule has 3 aromatic rings. The second-order valence-corrected chi connectivity index (χ2v) is 5.08. The van der Waals surface area contributed by atoms with Gasteiger partial charge in [0.1, 0.15) is 11.5 Å². The quantitative estimate of drug-likeness (QED) is 0.744. The Labute approximate surface area is 121 Å². The van der Waals surface area contributed by atoms with Gasteiger partial charge >= 0.3 is 0 Å². The molecule has 0 unspecified atom stereocenters. The Hall–Kier alpha value is -2.76. The van der Waals surface area contributed by atoms with E-state index in [1.54, 1.807) is 24.5 Å². The maximum Gasteiger partial charge on any atom is 0.214 e. The molecule has 0 aliphatic heterocycles. The van der Waals surface area contributed by atoms with Crippen molar-refractivity contribution in [2.45, 2.75) is 19.9 Å². The van der Waals surface area contributed by atoms with Gasteiger partial charge in [-0.3, -0.25) is 14.5 Å². The monoisotopic (exact) mass is 281 g/mol. The van der Waals surface area contributed by atoms with E-state index in [0.29, 0.717) is 17.1 Å². The Balaban J connectivity index is 2.19. The fourth-order valence-corrected chi connectivity index (χ4v) is 2.27. The summed E-state index contributed by atoms with van der Waals surface area (Å²) in [4.78, 5) is 20.7. The number of nitrogens with two attached hydrogens (primary N) is 1. The third-order valence-corrected chi connectivity index (χ3v) is 3.26. The van der Waals surface area contributed by atoms with Gasteiger partial charge in [0.05, 0.1) is 5.52 Å². The minimum Gasteiger partial charge on any atom is -0.384 e. The second-order valence-electron chi connectivity index (χ2n) is 5.08. The summed E-state index contributed by atoms with van der Waals surface area (Å²) < 4.78 is 1.83. The van der Waals surface area contributed by atoms with E-state index < -0.39 is 0 Å². The maximum absolute atomic E-state index is 12.7. The van der Waals surface area contributed by atoms with Crippen LogP contribution in [0.15, 0.2) is 36.8 Å². The van der Waals surface area contributed by atoms with Crippen LogP contribution in [0.4, 0.5) is 5.82 Å². The van der Waals surface area contributed by atoms with Crippen LogP contribution in [0.25, 0.3) is 10.9 Å². The maximum atomic E-state index is 12.7. The van der Waals surface area contributed by atoms with Crippen molar-refractivity contribution < 1.29 is 4.79 Å². The molecule has 0 saturated heterocycles. The summed E-state index contributed by atoms with van der Waals surface area (Å²) >= 11 is 0. The molecule has 0 saturated carbocycles. The average Bonchev–Trinajstić information content (AvgIpc) is 2.86. The molecule has 0 atom stereocenters. The highest BCUT2D eigenvalue weighted by Crippen LogP contribution is 2.23. The van der Waals surface area contributed by atoms with Crippen molar-refractivity contribution >= 4 is 22.5 Å². The number of pyridine rings is 2. The Morgan fingerprint density at radius 3 is 2.81 bits per heavy atom. The Morgan fingerprint density at radius 2 is 2.10 bits per heavy atom. The number of aromatic nitrogens is 4. The van der Waals surface area contributed by atoms with Crippen LogP contribution >= 0.6 is 0 Å². The number of fused-ring (bicyclic) bond motifs is 1. The number of nitrogens with zero attached hydrogens (tertiary/aromatic N) is 4. The molecule has 0 aromatic carbocycles. The van der Waals surface area contributed by atoms with Gasteiger partial charge < -0.3 is 5.73 Å². The van der Waals surface area contributed by atoms with Crippen LogP contribution in [0.1, 0.15) is 35.9 Å². The van der Waals surface area contributed by atoms with E-state index in [2.05, 4.69) is 15.1 Å². The van der Waals surface area contributed by atoms with E-state index >= 15 is 0 Å². The summed E-state index contributed by atoms with van der Waals surface area (Å²) in [5, 5.41) is 5.20. The molecular weight excluding hydrogens is 266 g/mol. The summed E-state index contributed by atoms with van der Waals surface area (Å²) in [5.41, 5.74) is 7.39. The summed E-state index contributed by atoms with van der Waals surface area (Å²) in [5.74, 6) is 0.132. The number of carbonyl (C=O) groups excluding carboxylic acids is 1. The topological polar surface area (TPSA) is 86.7 Å². The first-order valence-corrected chi connectivity index (χ1v) is 6.66. The van der Waals surface area contributed by atoms with Crippen molar-refractivity contribution in [2.24, 2.45) is 0 Å². The average molecular weight is 281 g/mol. The Kier molecular flexibility index (Phi) is 3.13. The lowest BCUT2D eigenvalue weighted by Gasteiger charge is -2.05. The first-order chi connectivity index (χ1) is 10.1. The van der Waals surface area contributed by atoms with Crippen molar-refractivity contribution in [3.8, 4) is 0 Å². The highest BCUT2D eigenvalue weighted by Gasteiger charge is 2.20. The Morgan fingerprint density at radius 1 is 1.29 bits per heavy atom. The van der Waals surface area contributed by atoms with Gasteiger partial charge in [0, 0.05) is 35.6 Å². The molecule has 0 aliphatic rings. The minimum absolute atomic E-state index is 0.152. The van der Waals surface area contributed by atoms with Crippen molar-refractivity contribution in [3.63, 3.8) is 0 Å². The molecule has 3 aromatic heterocycles. The zero-order chi connectivity index (χ0) is 15.0. The van der Waals surface area contributed by atoms with Crippen LogP contribution < -0.4 is 5.73 Å². The van der Waals surface area contributed by atoms with Crippen molar-refractivity contribution in [2.75, 3.05) is 5.73 Å². The van der Waals surface area contributed by atoms with Crippen LogP contribution in [0, 0.1) is 0 Å². The second kappa shape index (κ2) is 4.97. The standard InChI is InChI=1S/C15H15N5O/c1-9(2)20-12-4-5-17-8-11(12)14(19-20)15(21)10-3-6-18-13(16)7-10/h3-9H,1-2H3,(H2,16,18). The number of hydrogen-bond donors (Lipinski definition) is 1. The van der Waals surface area contributed by atoms with Gasteiger partial charge in [0.15, 0.2) is 0 Å². The lowest BCUT2D eigenvalue weighted by Crippen LogP contribution is -2.07. The molecule has 0 aliphatic carbocycles. The summed E-state index contributed by atoms with van der Waals surface area (Å²) in [6.07, 6.45) is 4.88. The zero-order valence-corrected chi connectivity index (χ0v) is 11.8. The number of carbonyl (C=O) groups is 1. The summed E-state index contributed by atoms with van der Waals surface area (Å²) in [7, 11) is 0. The van der Waals surface area contributed by atoms with Crippen LogP contribution in [-0.2, 0) is 0 Å². The molecule has 0 fully saturated rings. The first kappa shape index (κ1) is 13.2. The largest absolute Gasteiger partial charge is 0.384 e. The first-order valence-electron chi connectivity index (χ1n) is 6.66. The van der Waals surface area contributed by atoms with E-state index in [1.807, 2.05) is 24.6 Å². The van der Waals surface area contributed by atoms with Gasteiger partial charge in [-0.15, -0.1) is 0 Å². The molecule has 0 spiro atoms. The van der Waals surface area contributed by atoms with E-state index in [4.69, 9.17) is 5.73 Å². The van der Waals surface area contributed by atoms with Gasteiger partial charge in [0.2, 0.25) is 5.78 Å². The van der Waals surface area contributed by atoms with Crippen molar-refractivity contribution in [1.82, 2.24) is 19.7 Å². The normalized spacial score (nSPS) is 11.2. The molecule has 3 heterocycles. The van der Waals surface area contributed by atoms with Crippen molar-refractivity contribution in [1.29, 1.82) is 0 Å². The predicted octanol–water partition coefficient (Wildman–Crippen LogP) is 2.22. The van der Waals surface area contributed by atoms with E-state index in [-0.39, 0.29) is 11.8 Å². The van der Waals surface area contributed by atoms with E-state index in [9.17, 15) is 4.79 Å². The lowest BCUT2D eigenvalue weighted by molar-refractivity contribution is 0.103. The Bertz CT molecular complexity index is 822. The van der Waals surface area contributed by atoms with Gasteiger partial charge in [0.25, 0.3) is 0 Å². The molecule has 21 heavy (non-hydrogen) atoms. The number of nitrogen functional groups attached to an aromatic ring is 1. The van der Waals surface area contributed by atoms with Crippen LogP contribution in [-0.4, -0.2) is 25.5 Å². The number of ketones is 1. The fourth-order valence-electron chi connectivity index (χ4n) is 2.27. The SMILES string of the molecule is CC(C)n1nc(C(=O)c2ccnc(N)c2)c2cnccc21. The fraction of sp³-hybridized carbons (Fsp3) is 0.200. The molecule has 3 rings (SSSR count). The molecule has 6 heteroatoms. The van der Waals surface area contributed by atoms with Crippen molar-refractivity contribution in [3.05, 3.63) is 48.0 Å². The predicted molar refractivity (Wildman–Crippen MR) is 80.0 cm³/mol. The van der Waals surface area contributed by atoms with E-state index in [0.717, 1.165) is 10.9 Å². The molecule has 106 valence electrons. The number of hydrogen-bond acceptors (Lipinski definition) is 5. The molecule has 0 amide bonds. The van der Waals surface area contributed by atoms with Crippen LogP contribution in [0.5, 0.6) is 0 Å². The molecule has 0 bridgehead atoms. The van der Waals surface area contributed by atoms with E-state index in [1.165, 1.54) is 6.20 Å². The molecular formula is C15H15N5O. The van der Waals surface area contributed by atoms with Crippen LogP contribution in [0.2, 0.25) is 0 Å². The highest BCUT2D eigenvalue weighted by atomic mass is 16.1. The molecule has 6 nitrogen and oxygen atoms in total. The molecule has 0 radical (unpaired) electrons. The third-order valence-electron chi connectivity index (χ3n) is 3.26. The lowest BCUT2D eigenvalue weighted by atomic mass is 10.1. The highest BCUT2D eigenvalue weighted by molar-refractivity contribution is 6.14. The smallest absolute Gasteiger partial charge is 0.214 e. The summed E-state index contributed by atoms with van der Waals surface area (Å²) in [6.45, 7) is 4.04. The van der Waals surface area contributed by atoms with Gasteiger partial charge in [-0.2, -0.15) is 5.10 Å². The number of anilines is 1. The van der Waals surface area contributed by atoms with Gasteiger partial charge in [-0.1, -0.05) is 0 Å². The number of rotatable bonds is 3. The molecule has 2 N–H and O–H groups in total. The zero-order valence-electron chi connectivity index (χ0n) is 11.8. The third kappa shape index (κ3) is 2.24. The van der Waals surface area contributed by atoms with Crippen LogP contribution in [0.3, 0.4) is 0 Å². The summed E-state index contributed by atoms with van der Waals surface area (Å²) in [6, 6.07) is 5.20. The van der Waals surface area contributed by atoms with Gasteiger partial charge in [-0.25, -0.2) is 4.98 Å².